The van der Waals surface area contributed by atoms with Gasteiger partial charge in [0.2, 0.25) is 5.95 Å². The molecule has 4 rings (SSSR count). The molecule has 1 unspecified atom stereocenters. The number of hydrogen-bond donors (Lipinski definition) is 1. The van der Waals surface area contributed by atoms with E-state index in [2.05, 4.69) is 19.7 Å². The Morgan fingerprint density at radius 2 is 2.10 bits per heavy atom. The Kier molecular flexibility index (Phi) is 6.28. The van der Waals surface area contributed by atoms with Gasteiger partial charge in [0.1, 0.15) is 23.5 Å². The van der Waals surface area contributed by atoms with Crippen LogP contribution in [0.2, 0.25) is 0 Å². The first kappa shape index (κ1) is 21.8. The Bertz CT molecular complexity index is 940. The van der Waals surface area contributed by atoms with Crippen LogP contribution in [0.25, 0.3) is 11.3 Å². The maximum absolute atomic E-state index is 13.8. The highest BCUT2D eigenvalue weighted by Gasteiger charge is 2.30. The lowest BCUT2D eigenvalue weighted by molar-refractivity contribution is -0.0494. The summed E-state index contributed by atoms with van der Waals surface area (Å²) in [5.74, 6) is 1.57. The lowest BCUT2D eigenvalue weighted by atomic mass is 10.2. The van der Waals surface area contributed by atoms with Crippen molar-refractivity contribution in [1.29, 1.82) is 0 Å². The van der Waals surface area contributed by atoms with Gasteiger partial charge in [0.25, 0.3) is 0 Å². The summed E-state index contributed by atoms with van der Waals surface area (Å²) in [6, 6.07) is 3.05. The van der Waals surface area contributed by atoms with Crippen LogP contribution in [-0.4, -0.2) is 69.5 Å². The maximum Gasteiger partial charge on any atom is 0.387 e. The van der Waals surface area contributed by atoms with Crippen molar-refractivity contribution in [2.45, 2.75) is 32.2 Å². The van der Waals surface area contributed by atoms with Gasteiger partial charge >= 0.3 is 6.61 Å². The maximum atomic E-state index is 13.8. The predicted molar refractivity (Wildman–Crippen MR) is 113 cm³/mol. The van der Waals surface area contributed by atoms with Gasteiger partial charge in [-0.15, -0.1) is 0 Å². The molecule has 0 aliphatic carbocycles. The number of aromatic nitrogens is 3. The smallest absolute Gasteiger partial charge is 0.387 e. The number of ether oxygens (including phenoxy) is 1. The Morgan fingerprint density at radius 3 is 2.77 bits per heavy atom. The average Bonchev–Trinajstić information content (AvgIpc) is 3.15. The van der Waals surface area contributed by atoms with Crippen LogP contribution >= 0.6 is 0 Å². The summed E-state index contributed by atoms with van der Waals surface area (Å²) in [6.07, 6.45) is 0.842. The monoisotopic (exact) mass is 456 g/mol. The van der Waals surface area contributed by atoms with Crippen molar-refractivity contribution in [2.75, 3.05) is 46.7 Å². The van der Waals surface area contributed by atoms with Crippen LogP contribution in [0.4, 0.5) is 30.8 Å². The van der Waals surface area contributed by atoms with E-state index in [0.717, 1.165) is 0 Å². The summed E-state index contributed by atoms with van der Waals surface area (Å²) in [6.45, 7) is 0.128. The van der Waals surface area contributed by atoms with Gasteiger partial charge in [-0.25, -0.2) is 14.4 Å². The first-order valence-electron chi connectivity index (χ1n) is 9.90. The molecule has 2 N–H and O–H groups in total. The van der Waals surface area contributed by atoms with E-state index in [1.807, 2.05) is 11.8 Å². The third-order valence-corrected chi connectivity index (χ3v) is 6.81. The Balaban J connectivity index is 1.75. The van der Waals surface area contributed by atoms with Crippen molar-refractivity contribution >= 4 is 28.8 Å². The topological polar surface area (TPSA) is 103 Å². The van der Waals surface area contributed by atoms with Crippen molar-refractivity contribution < 1.29 is 22.5 Å². The molecule has 0 spiro atoms. The molecule has 2 aromatic rings. The van der Waals surface area contributed by atoms with Crippen LogP contribution in [0.15, 0.2) is 18.3 Å². The van der Waals surface area contributed by atoms with Gasteiger partial charge in [0.05, 0.1) is 24.8 Å². The molecule has 2 aliphatic rings. The molecule has 168 valence electrons. The van der Waals surface area contributed by atoms with Crippen molar-refractivity contribution in [2.24, 2.45) is 0 Å². The van der Waals surface area contributed by atoms with Crippen molar-refractivity contribution in [3.8, 4) is 17.0 Å². The van der Waals surface area contributed by atoms with E-state index >= 15 is 0 Å². The van der Waals surface area contributed by atoms with Crippen molar-refractivity contribution in [3.05, 3.63) is 18.3 Å². The molecule has 0 bridgehead atoms. The highest BCUT2D eigenvalue weighted by molar-refractivity contribution is 7.91. The van der Waals surface area contributed by atoms with E-state index in [-0.39, 0.29) is 24.2 Å². The molecule has 3 atom stereocenters. The van der Waals surface area contributed by atoms with Crippen LogP contribution in [-0.2, 0) is 11.2 Å². The van der Waals surface area contributed by atoms with Gasteiger partial charge in [-0.3, -0.25) is 0 Å². The van der Waals surface area contributed by atoms with Crippen molar-refractivity contribution in [3.63, 3.8) is 0 Å². The normalized spacial score (nSPS) is 24.1. The highest BCUT2D eigenvalue weighted by Crippen LogP contribution is 2.32. The van der Waals surface area contributed by atoms with E-state index in [9.17, 15) is 17.7 Å². The summed E-state index contributed by atoms with van der Waals surface area (Å²) in [7, 11) is 0. The number of nitrogens with two attached hydrogens (primary N) is 1. The SMILES string of the molecule is C[C@H]1C[S+]([O-])CCN1c1cc(-c2cnc(N)c(OC(F)F)c2)nc(N2CC[C@@H](F)C2)n1. The minimum absolute atomic E-state index is 0.0139. The molecule has 0 aromatic carbocycles. The second kappa shape index (κ2) is 8.95. The third-order valence-electron chi connectivity index (χ3n) is 5.32. The van der Waals surface area contributed by atoms with Gasteiger partial charge < -0.3 is 24.8 Å². The zero-order valence-corrected chi connectivity index (χ0v) is 17.7. The van der Waals surface area contributed by atoms with Crippen LogP contribution < -0.4 is 20.3 Å². The molecule has 0 radical (unpaired) electrons. The first-order valence-corrected chi connectivity index (χ1v) is 11.4. The molecule has 2 saturated heterocycles. The zero-order valence-electron chi connectivity index (χ0n) is 16.9. The second-order valence-corrected chi connectivity index (χ2v) is 9.20. The molecule has 2 aromatic heterocycles. The second-order valence-electron chi connectivity index (χ2n) is 7.58. The minimum Gasteiger partial charge on any atom is -0.616 e. The minimum atomic E-state index is -3.04. The van der Waals surface area contributed by atoms with Crippen molar-refractivity contribution in [1.82, 2.24) is 15.0 Å². The quantitative estimate of drug-likeness (QED) is 0.684. The Morgan fingerprint density at radius 1 is 1.29 bits per heavy atom. The van der Waals surface area contributed by atoms with Gasteiger partial charge in [0, 0.05) is 24.4 Å². The molecule has 0 amide bonds. The molecular weight excluding hydrogens is 433 g/mol. The van der Waals surface area contributed by atoms with Gasteiger partial charge in [0.15, 0.2) is 11.6 Å². The van der Waals surface area contributed by atoms with Crippen LogP contribution in [0.3, 0.4) is 0 Å². The summed E-state index contributed by atoms with van der Waals surface area (Å²) < 4.78 is 55.6. The Hall–Kier alpha value is -2.47. The average molecular weight is 456 g/mol. The summed E-state index contributed by atoms with van der Waals surface area (Å²) >= 11 is -0.886. The number of rotatable bonds is 5. The number of anilines is 3. The summed E-state index contributed by atoms with van der Waals surface area (Å²) in [4.78, 5) is 16.9. The molecular formula is C19H23F3N6O2S. The number of alkyl halides is 3. The standard InChI is InChI=1S/C19H23F3N6O2S/c1-11-10-31(29)5-4-28(11)16-7-14(25-19(26-16)27-3-2-13(20)9-27)12-6-15(30-18(21)22)17(23)24-8-12/h6-8,11,13,18H,2-5,9-10H2,1H3,(H2,23,24)/t11-,13+,31?/m0/s1. The molecule has 12 heteroatoms. The first-order chi connectivity index (χ1) is 14.8. The van der Waals surface area contributed by atoms with Crippen LogP contribution in [0.5, 0.6) is 5.75 Å². The molecule has 4 heterocycles. The van der Waals surface area contributed by atoms with E-state index < -0.39 is 24.0 Å². The molecule has 0 saturated carbocycles. The van der Waals surface area contributed by atoms with E-state index in [4.69, 9.17) is 5.73 Å². The Labute approximate surface area is 180 Å². The number of hydrogen-bond acceptors (Lipinski definition) is 8. The molecule has 8 nitrogen and oxygen atoms in total. The lowest BCUT2D eigenvalue weighted by Crippen LogP contribution is -2.47. The van der Waals surface area contributed by atoms with Gasteiger partial charge in [-0.05, 0) is 30.6 Å². The summed E-state index contributed by atoms with van der Waals surface area (Å²) in [5, 5.41) is 0. The third kappa shape index (κ3) is 4.90. The van der Waals surface area contributed by atoms with Crippen LogP contribution in [0.1, 0.15) is 13.3 Å². The number of nitrogen functional groups attached to an aromatic ring is 1. The predicted octanol–water partition coefficient (Wildman–Crippen LogP) is 2.23. The van der Waals surface area contributed by atoms with Gasteiger partial charge in [-0.1, -0.05) is 0 Å². The molecule has 2 fully saturated rings. The largest absolute Gasteiger partial charge is 0.616 e. The number of halogens is 3. The van der Waals surface area contributed by atoms with E-state index in [0.29, 0.717) is 54.0 Å². The molecule has 31 heavy (non-hydrogen) atoms. The lowest BCUT2D eigenvalue weighted by Gasteiger charge is -2.35. The van der Waals surface area contributed by atoms with Crippen LogP contribution in [0, 0.1) is 0 Å². The molecule has 2 aliphatic heterocycles. The zero-order chi connectivity index (χ0) is 22.1. The summed E-state index contributed by atoms with van der Waals surface area (Å²) in [5.41, 5.74) is 6.49. The van der Waals surface area contributed by atoms with E-state index in [1.54, 1.807) is 11.0 Å². The van der Waals surface area contributed by atoms with Gasteiger partial charge in [-0.2, -0.15) is 13.8 Å². The number of pyridine rings is 1. The highest BCUT2D eigenvalue weighted by atomic mass is 32.2. The van der Waals surface area contributed by atoms with E-state index in [1.165, 1.54) is 12.3 Å². The fourth-order valence-corrected chi connectivity index (χ4v) is 5.03. The fraction of sp³-hybridized carbons (Fsp3) is 0.526. The fourth-order valence-electron chi connectivity index (χ4n) is 3.75. The number of nitrogens with zero attached hydrogens (tertiary/aromatic N) is 5.